The molecule has 1 aliphatic carbocycles. The molecule has 1 atom stereocenters. The second-order valence-electron chi connectivity index (χ2n) is 5.01. The quantitative estimate of drug-likeness (QED) is 0.798. The topological polar surface area (TPSA) is 36.1 Å². The number of aromatic amines is 1. The molecule has 0 fully saturated rings. The first kappa shape index (κ1) is 10.5. The molecule has 1 heterocycles. The van der Waals surface area contributed by atoms with Gasteiger partial charge in [0.1, 0.15) is 6.29 Å². The van der Waals surface area contributed by atoms with E-state index < -0.39 is 0 Å². The lowest BCUT2D eigenvalue weighted by Gasteiger charge is -2.29. The monoisotopic (exact) mass is 228 g/mol. The lowest BCUT2D eigenvalue weighted by molar-refractivity contribution is 0.112. The SMILES string of the molecule is CN(C)C1Cc2c[nH]c3ccc(C=O)c(c23)C1. The first-order valence-corrected chi connectivity index (χ1v) is 5.94. The number of hydrogen-bond donors (Lipinski definition) is 1. The van der Waals surface area contributed by atoms with Crippen LogP contribution < -0.4 is 0 Å². The van der Waals surface area contributed by atoms with Gasteiger partial charge in [0.2, 0.25) is 0 Å². The molecule has 0 aliphatic heterocycles. The molecule has 3 rings (SSSR count). The van der Waals surface area contributed by atoms with Crippen LogP contribution in [0.15, 0.2) is 18.3 Å². The van der Waals surface area contributed by atoms with Gasteiger partial charge >= 0.3 is 0 Å². The Morgan fingerprint density at radius 3 is 2.88 bits per heavy atom. The average molecular weight is 228 g/mol. The van der Waals surface area contributed by atoms with Gasteiger partial charge in [0.05, 0.1) is 0 Å². The van der Waals surface area contributed by atoms with Gasteiger partial charge in [-0.05, 0) is 50.2 Å². The van der Waals surface area contributed by atoms with Crippen molar-refractivity contribution in [3.05, 3.63) is 35.0 Å². The van der Waals surface area contributed by atoms with Crippen molar-refractivity contribution in [2.24, 2.45) is 0 Å². The second kappa shape index (κ2) is 3.70. The van der Waals surface area contributed by atoms with Crippen LogP contribution >= 0.6 is 0 Å². The maximum absolute atomic E-state index is 11.1. The first-order chi connectivity index (χ1) is 8.20. The van der Waals surface area contributed by atoms with Gasteiger partial charge in [-0.15, -0.1) is 0 Å². The summed E-state index contributed by atoms with van der Waals surface area (Å²) in [6, 6.07) is 4.41. The molecule has 0 amide bonds. The van der Waals surface area contributed by atoms with E-state index in [0.717, 1.165) is 30.2 Å². The van der Waals surface area contributed by atoms with E-state index in [9.17, 15) is 4.79 Å². The fraction of sp³-hybridized carbons (Fsp3) is 0.357. The molecule has 1 unspecified atom stereocenters. The number of hydrogen-bond acceptors (Lipinski definition) is 2. The van der Waals surface area contributed by atoms with E-state index in [2.05, 4.69) is 30.2 Å². The Morgan fingerprint density at radius 1 is 1.35 bits per heavy atom. The largest absolute Gasteiger partial charge is 0.361 e. The molecule has 0 saturated carbocycles. The third-order valence-electron chi connectivity index (χ3n) is 3.82. The molecule has 1 N–H and O–H groups in total. The Balaban J connectivity index is 2.23. The minimum atomic E-state index is 0.489. The second-order valence-corrected chi connectivity index (χ2v) is 5.01. The van der Waals surface area contributed by atoms with Crippen LogP contribution in [0.5, 0.6) is 0 Å². The van der Waals surface area contributed by atoms with Crippen LogP contribution in [0, 0.1) is 0 Å². The molecular weight excluding hydrogens is 212 g/mol. The number of benzene rings is 1. The molecule has 1 aromatic heterocycles. The van der Waals surface area contributed by atoms with Gasteiger partial charge in [-0.2, -0.15) is 0 Å². The number of likely N-dealkylation sites (N-methyl/N-ethyl adjacent to an activating group) is 1. The molecule has 1 aliphatic rings. The summed E-state index contributed by atoms with van der Waals surface area (Å²) in [5.74, 6) is 0. The van der Waals surface area contributed by atoms with Crippen molar-refractivity contribution in [1.82, 2.24) is 9.88 Å². The van der Waals surface area contributed by atoms with Crippen LogP contribution in [0.25, 0.3) is 10.9 Å². The molecule has 2 aromatic rings. The van der Waals surface area contributed by atoms with Crippen LogP contribution in [0.3, 0.4) is 0 Å². The predicted octanol–water partition coefficient (Wildman–Crippen LogP) is 2.01. The number of carbonyl (C=O) groups excluding carboxylic acids is 1. The molecule has 0 spiro atoms. The highest BCUT2D eigenvalue weighted by atomic mass is 16.1. The Labute approximate surface area is 100 Å². The van der Waals surface area contributed by atoms with Crippen LogP contribution in [0.2, 0.25) is 0 Å². The van der Waals surface area contributed by atoms with E-state index in [-0.39, 0.29) is 0 Å². The van der Waals surface area contributed by atoms with Gasteiger partial charge in [-0.25, -0.2) is 0 Å². The molecule has 0 radical (unpaired) electrons. The van der Waals surface area contributed by atoms with E-state index in [1.807, 2.05) is 12.1 Å². The standard InChI is InChI=1S/C14H16N2O/c1-16(2)11-5-10-7-15-13-4-3-9(8-17)12(6-11)14(10)13/h3-4,7-8,11,15H,5-6H2,1-2H3. The Hall–Kier alpha value is -1.61. The summed E-state index contributed by atoms with van der Waals surface area (Å²) in [6.45, 7) is 0. The zero-order valence-electron chi connectivity index (χ0n) is 10.2. The lowest BCUT2D eigenvalue weighted by Crippen LogP contribution is -2.34. The van der Waals surface area contributed by atoms with Gasteiger partial charge < -0.3 is 9.88 Å². The first-order valence-electron chi connectivity index (χ1n) is 5.94. The average Bonchev–Trinajstić information content (AvgIpc) is 2.74. The molecule has 0 bridgehead atoms. The summed E-state index contributed by atoms with van der Waals surface area (Å²) < 4.78 is 0. The molecule has 1 aromatic carbocycles. The van der Waals surface area contributed by atoms with Crippen LogP contribution in [-0.4, -0.2) is 36.3 Å². The zero-order chi connectivity index (χ0) is 12.0. The summed E-state index contributed by atoms with van der Waals surface area (Å²) in [6.07, 6.45) is 5.08. The molecular formula is C14H16N2O. The number of H-pyrrole nitrogens is 1. The van der Waals surface area contributed by atoms with Gasteiger partial charge in [0, 0.05) is 28.7 Å². The Kier molecular flexibility index (Phi) is 2.30. The summed E-state index contributed by atoms with van der Waals surface area (Å²) in [5.41, 5.74) is 4.53. The molecule has 3 heteroatoms. The highest BCUT2D eigenvalue weighted by Crippen LogP contribution is 2.32. The van der Waals surface area contributed by atoms with E-state index in [4.69, 9.17) is 0 Å². The number of aldehydes is 1. The highest BCUT2D eigenvalue weighted by Gasteiger charge is 2.24. The number of rotatable bonds is 2. The maximum atomic E-state index is 11.1. The third kappa shape index (κ3) is 1.50. The van der Waals surface area contributed by atoms with Crippen molar-refractivity contribution in [2.45, 2.75) is 18.9 Å². The van der Waals surface area contributed by atoms with E-state index in [1.54, 1.807) is 0 Å². The summed E-state index contributed by atoms with van der Waals surface area (Å²) in [4.78, 5) is 16.7. The minimum Gasteiger partial charge on any atom is -0.361 e. The number of nitrogens with zero attached hydrogens (tertiary/aromatic N) is 1. The number of nitrogens with one attached hydrogen (secondary N) is 1. The molecule has 3 nitrogen and oxygen atoms in total. The van der Waals surface area contributed by atoms with Crippen molar-refractivity contribution < 1.29 is 4.79 Å². The fourth-order valence-corrected chi connectivity index (χ4v) is 2.81. The predicted molar refractivity (Wildman–Crippen MR) is 68.6 cm³/mol. The van der Waals surface area contributed by atoms with Crippen molar-refractivity contribution in [1.29, 1.82) is 0 Å². The van der Waals surface area contributed by atoms with Crippen molar-refractivity contribution >= 4 is 17.2 Å². The minimum absolute atomic E-state index is 0.489. The third-order valence-corrected chi connectivity index (χ3v) is 3.82. The van der Waals surface area contributed by atoms with Crippen LogP contribution in [-0.2, 0) is 12.8 Å². The van der Waals surface area contributed by atoms with Gasteiger partial charge in [-0.1, -0.05) is 0 Å². The smallest absolute Gasteiger partial charge is 0.150 e. The summed E-state index contributed by atoms with van der Waals surface area (Å²) in [7, 11) is 4.20. The lowest BCUT2D eigenvalue weighted by atomic mass is 9.86. The Morgan fingerprint density at radius 2 is 2.18 bits per heavy atom. The van der Waals surface area contributed by atoms with Gasteiger partial charge in [0.25, 0.3) is 0 Å². The highest BCUT2D eigenvalue weighted by molar-refractivity contribution is 5.94. The van der Waals surface area contributed by atoms with Gasteiger partial charge in [0.15, 0.2) is 0 Å². The molecule has 17 heavy (non-hydrogen) atoms. The normalized spacial score (nSPS) is 18.9. The summed E-state index contributed by atoms with van der Waals surface area (Å²) in [5, 5.41) is 1.27. The molecule has 0 saturated heterocycles. The summed E-state index contributed by atoms with van der Waals surface area (Å²) >= 11 is 0. The Bertz CT molecular complexity index is 583. The van der Waals surface area contributed by atoms with E-state index in [0.29, 0.717) is 6.04 Å². The van der Waals surface area contributed by atoms with Gasteiger partial charge in [-0.3, -0.25) is 4.79 Å². The van der Waals surface area contributed by atoms with E-state index >= 15 is 0 Å². The van der Waals surface area contributed by atoms with Crippen LogP contribution in [0.4, 0.5) is 0 Å². The number of carbonyl (C=O) groups is 1. The number of aromatic nitrogens is 1. The van der Waals surface area contributed by atoms with E-state index in [1.165, 1.54) is 16.5 Å². The zero-order valence-corrected chi connectivity index (χ0v) is 10.2. The van der Waals surface area contributed by atoms with Crippen molar-refractivity contribution in [3.63, 3.8) is 0 Å². The van der Waals surface area contributed by atoms with Crippen molar-refractivity contribution in [2.75, 3.05) is 14.1 Å². The molecule has 88 valence electrons. The van der Waals surface area contributed by atoms with Crippen molar-refractivity contribution in [3.8, 4) is 0 Å². The fourth-order valence-electron chi connectivity index (χ4n) is 2.81. The maximum Gasteiger partial charge on any atom is 0.150 e. The van der Waals surface area contributed by atoms with Crippen LogP contribution in [0.1, 0.15) is 21.5 Å².